The maximum atomic E-state index is 6.19. The Labute approximate surface area is 128 Å². The third kappa shape index (κ3) is 2.73. The maximum Gasteiger partial charge on any atom is 0.0758 e. The first kappa shape index (κ1) is 14.0. The molecule has 0 aliphatic carbocycles. The molecule has 1 aliphatic rings. The number of likely N-dealkylation sites (tertiary alicyclic amines) is 1. The molecule has 1 fully saturated rings. The number of piperidine rings is 1. The molecule has 1 saturated heterocycles. The van der Waals surface area contributed by atoms with E-state index in [0.717, 1.165) is 29.6 Å². The van der Waals surface area contributed by atoms with Crippen LogP contribution >= 0.6 is 15.9 Å². The molecular weight excluding hydrogens is 314 g/mol. The number of aromatic nitrogens is 1. The highest BCUT2D eigenvalue weighted by Crippen LogP contribution is 2.27. The molecule has 3 nitrogen and oxygen atoms in total. The number of nitrogens with two attached hydrogens (primary N) is 1. The van der Waals surface area contributed by atoms with Crippen molar-refractivity contribution in [3.8, 4) is 0 Å². The number of hydrogen-bond acceptors (Lipinski definition) is 3. The van der Waals surface area contributed by atoms with Crippen molar-refractivity contribution >= 4 is 26.8 Å². The van der Waals surface area contributed by atoms with E-state index in [1.54, 1.807) is 0 Å². The van der Waals surface area contributed by atoms with Crippen LogP contribution in [0.1, 0.15) is 18.9 Å². The van der Waals surface area contributed by atoms with Gasteiger partial charge < -0.3 is 5.73 Å². The molecule has 4 heteroatoms. The van der Waals surface area contributed by atoms with Gasteiger partial charge in [0.05, 0.1) is 5.52 Å². The van der Waals surface area contributed by atoms with Crippen molar-refractivity contribution in [2.24, 2.45) is 11.7 Å². The Morgan fingerprint density at radius 3 is 3.05 bits per heavy atom. The second-order valence-corrected chi connectivity index (χ2v) is 6.63. The highest BCUT2D eigenvalue weighted by Gasteiger charge is 2.23. The van der Waals surface area contributed by atoms with Gasteiger partial charge >= 0.3 is 0 Å². The van der Waals surface area contributed by atoms with Gasteiger partial charge in [-0.15, -0.1) is 0 Å². The number of fused-ring (bicyclic) bond motifs is 1. The van der Waals surface area contributed by atoms with E-state index in [-0.39, 0.29) is 0 Å². The van der Waals surface area contributed by atoms with Crippen LogP contribution in [0.3, 0.4) is 0 Å². The number of hydrogen-bond donors (Lipinski definition) is 1. The van der Waals surface area contributed by atoms with Crippen LogP contribution in [0.4, 0.5) is 0 Å². The summed E-state index contributed by atoms with van der Waals surface area (Å²) in [4.78, 5) is 7.00. The molecule has 0 saturated carbocycles. The molecule has 0 radical (unpaired) electrons. The van der Waals surface area contributed by atoms with E-state index in [4.69, 9.17) is 5.73 Å². The van der Waals surface area contributed by atoms with Gasteiger partial charge in [-0.3, -0.25) is 9.88 Å². The van der Waals surface area contributed by atoms with Crippen molar-refractivity contribution in [3.05, 3.63) is 40.5 Å². The lowest BCUT2D eigenvalue weighted by Crippen LogP contribution is -2.47. The molecule has 20 heavy (non-hydrogen) atoms. The first-order chi connectivity index (χ1) is 9.65. The zero-order chi connectivity index (χ0) is 14.1. The van der Waals surface area contributed by atoms with Gasteiger partial charge in [0, 0.05) is 35.2 Å². The Hall–Kier alpha value is -0.970. The maximum absolute atomic E-state index is 6.19. The van der Waals surface area contributed by atoms with Crippen molar-refractivity contribution < 1.29 is 0 Å². The molecule has 2 unspecified atom stereocenters. The normalized spacial score (nSPS) is 24.1. The summed E-state index contributed by atoms with van der Waals surface area (Å²) in [6, 6.07) is 8.67. The molecule has 0 amide bonds. The molecule has 2 N–H and O–H groups in total. The summed E-state index contributed by atoms with van der Waals surface area (Å²) in [6.45, 7) is 5.28. The van der Waals surface area contributed by atoms with Gasteiger partial charge in [-0.1, -0.05) is 35.0 Å². The summed E-state index contributed by atoms with van der Waals surface area (Å²) in [5, 5.41) is 1.18. The highest BCUT2D eigenvalue weighted by molar-refractivity contribution is 9.10. The molecule has 0 bridgehead atoms. The standard InChI is InChI=1S/C16H20BrN3/c1-11-6-8-20(10-15(11)18)9-12-4-5-14(17)13-3-2-7-19-16(12)13/h2-5,7,11,15H,6,8-10,18H2,1H3. The molecule has 1 aromatic carbocycles. The Morgan fingerprint density at radius 1 is 1.40 bits per heavy atom. The quantitative estimate of drug-likeness (QED) is 0.917. The van der Waals surface area contributed by atoms with E-state index in [2.05, 4.69) is 50.9 Å². The summed E-state index contributed by atoms with van der Waals surface area (Å²) in [7, 11) is 0. The fraction of sp³-hybridized carbons (Fsp3) is 0.438. The summed E-state index contributed by atoms with van der Waals surface area (Å²) < 4.78 is 1.10. The lowest BCUT2D eigenvalue weighted by Gasteiger charge is -2.35. The Kier molecular flexibility index (Phi) is 4.06. The lowest BCUT2D eigenvalue weighted by atomic mass is 9.94. The number of rotatable bonds is 2. The smallest absolute Gasteiger partial charge is 0.0758 e. The molecule has 2 aromatic rings. The van der Waals surface area contributed by atoms with E-state index in [1.165, 1.54) is 17.4 Å². The molecule has 0 spiro atoms. The van der Waals surface area contributed by atoms with Crippen molar-refractivity contribution in [2.45, 2.75) is 25.9 Å². The van der Waals surface area contributed by atoms with E-state index >= 15 is 0 Å². The molecule has 1 aromatic heterocycles. The van der Waals surface area contributed by atoms with Gasteiger partial charge in [0.15, 0.2) is 0 Å². The zero-order valence-electron chi connectivity index (χ0n) is 11.7. The SMILES string of the molecule is CC1CCN(Cc2ccc(Br)c3cccnc23)CC1N. The lowest BCUT2D eigenvalue weighted by molar-refractivity contribution is 0.162. The Balaban J connectivity index is 1.86. The highest BCUT2D eigenvalue weighted by atomic mass is 79.9. The van der Waals surface area contributed by atoms with Gasteiger partial charge in [-0.05, 0) is 36.6 Å². The van der Waals surface area contributed by atoms with Crippen LogP contribution in [-0.4, -0.2) is 29.0 Å². The monoisotopic (exact) mass is 333 g/mol. The van der Waals surface area contributed by atoms with Gasteiger partial charge in [0.1, 0.15) is 0 Å². The molecule has 3 rings (SSSR count). The van der Waals surface area contributed by atoms with Crippen LogP contribution in [0.5, 0.6) is 0 Å². The first-order valence-electron chi connectivity index (χ1n) is 7.15. The van der Waals surface area contributed by atoms with E-state index < -0.39 is 0 Å². The minimum Gasteiger partial charge on any atom is -0.326 e. The van der Waals surface area contributed by atoms with E-state index in [0.29, 0.717) is 12.0 Å². The Bertz CT molecular complexity index is 614. The number of pyridine rings is 1. The predicted octanol–water partition coefficient (Wildman–Crippen LogP) is 3.17. The molecular formula is C16H20BrN3. The fourth-order valence-electron chi connectivity index (χ4n) is 2.88. The van der Waals surface area contributed by atoms with Crippen molar-refractivity contribution in [2.75, 3.05) is 13.1 Å². The fourth-order valence-corrected chi connectivity index (χ4v) is 3.33. The number of nitrogens with zero attached hydrogens (tertiary/aromatic N) is 2. The largest absolute Gasteiger partial charge is 0.326 e. The van der Waals surface area contributed by atoms with Crippen molar-refractivity contribution in [1.29, 1.82) is 0 Å². The van der Waals surface area contributed by atoms with Gasteiger partial charge in [-0.25, -0.2) is 0 Å². The summed E-state index contributed by atoms with van der Waals surface area (Å²) in [5.74, 6) is 0.631. The average molecular weight is 334 g/mol. The van der Waals surface area contributed by atoms with Crippen LogP contribution in [0, 0.1) is 5.92 Å². The van der Waals surface area contributed by atoms with Crippen molar-refractivity contribution in [1.82, 2.24) is 9.88 Å². The van der Waals surface area contributed by atoms with Crippen LogP contribution in [0.25, 0.3) is 10.9 Å². The Morgan fingerprint density at radius 2 is 2.25 bits per heavy atom. The third-order valence-corrected chi connectivity index (χ3v) is 4.99. The molecule has 2 heterocycles. The summed E-state index contributed by atoms with van der Waals surface area (Å²) >= 11 is 3.60. The second-order valence-electron chi connectivity index (χ2n) is 5.77. The number of benzene rings is 1. The summed E-state index contributed by atoms with van der Waals surface area (Å²) in [6.07, 6.45) is 3.05. The topological polar surface area (TPSA) is 42.2 Å². The zero-order valence-corrected chi connectivity index (χ0v) is 13.3. The van der Waals surface area contributed by atoms with E-state index in [1.807, 2.05) is 12.3 Å². The van der Waals surface area contributed by atoms with Gasteiger partial charge in [0.2, 0.25) is 0 Å². The average Bonchev–Trinajstić information content (AvgIpc) is 2.46. The second kappa shape index (κ2) is 5.80. The minimum absolute atomic E-state index is 0.290. The molecule has 106 valence electrons. The third-order valence-electron chi connectivity index (χ3n) is 4.29. The van der Waals surface area contributed by atoms with Crippen LogP contribution in [0.15, 0.2) is 34.9 Å². The van der Waals surface area contributed by atoms with Crippen molar-refractivity contribution in [3.63, 3.8) is 0 Å². The molecule has 1 aliphatic heterocycles. The minimum atomic E-state index is 0.290. The van der Waals surface area contributed by atoms with Gasteiger partial charge in [-0.2, -0.15) is 0 Å². The summed E-state index contributed by atoms with van der Waals surface area (Å²) in [5.41, 5.74) is 8.57. The number of halogens is 1. The van der Waals surface area contributed by atoms with E-state index in [9.17, 15) is 0 Å². The first-order valence-corrected chi connectivity index (χ1v) is 7.94. The predicted molar refractivity (Wildman–Crippen MR) is 86.5 cm³/mol. The van der Waals surface area contributed by atoms with Crippen LogP contribution in [-0.2, 0) is 6.54 Å². The van der Waals surface area contributed by atoms with Crippen LogP contribution in [0.2, 0.25) is 0 Å². The molecule has 2 atom stereocenters. The van der Waals surface area contributed by atoms with Gasteiger partial charge in [0.25, 0.3) is 0 Å². The van der Waals surface area contributed by atoms with Crippen LogP contribution < -0.4 is 5.73 Å².